The lowest BCUT2D eigenvalue weighted by Crippen LogP contribution is -2.39. The molecular weight excluding hydrogens is 284 g/mol. The Balaban J connectivity index is 2.04. The highest BCUT2D eigenvalue weighted by atomic mass is 79.9. The predicted molar refractivity (Wildman–Crippen MR) is 69.5 cm³/mol. The zero-order valence-corrected chi connectivity index (χ0v) is 11.1. The van der Waals surface area contributed by atoms with Crippen LogP contribution in [0, 0.1) is 5.92 Å². The molecule has 0 aliphatic carbocycles. The molecule has 1 aromatic heterocycles. The van der Waals surface area contributed by atoms with E-state index in [0.717, 1.165) is 31.3 Å². The average Bonchev–Trinajstić information content (AvgIpc) is 2.38. The molecule has 5 heteroatoms. The Labute approximate surface area is 108 Å². The second-order valence-electron chi connectivity index (χ2n) is 4.33. The van der Waals surface area contributed by atoms with Crippen molar-refractivity contribution in [3.05, 3.63) is 34.2 Å². The summed E-state index contributed by atoms with van der Waals surface area (Å²) in [4.78, 5) is 27.6. The largest absolute Gasteiger partial charge is 0.339 e. The third kappa shape index (κ3) is 2.97. The maximum absolute atomic E-state index is 12.1. The minimum atomic E-state index is -0.230. The minimum absolute atomic E-state index is 0.0378. The molecule has 17 heavy (non-hydrogen) atoms. The number of halogens is 1. The smallest absolute Gasteiger partial charge is 0.254 e. The number of aromatic nitrogens is 1. The van der Waals surface area contributed by atoms with E-state index < -0.39 is 0 Å². The quantitative estimate of drug-likeness (QED) is 0.844. The lowest BCUT2D eigenvalue weighted by Gasteiger charge is -2.31. The van der Waals surface area contributed by atoms with Gasteiger partial charge in [-0.2, -0.15) is 0 Å². The lowest BCUT2D eigenvalue weighted by atomic mass is 9.98. The first-order chi connectivity index (χ1) is 8.20. The van der Waals surface area contributed by atoms with Crippen molar-refractivity contribution in [2.24, 2.45) is 5.92 Å². The van der Waals surface area contributed by atoms with Gasteiger partial charge in [0.1, 0.15) is 0 Å². The van der Waals surface area contributed by atoms with Gasteiger partial charge in [0, 0.05) is 36.2 Å². The first kappa shape index (κ1) is 12.4. The number of carbonyl (C=O) groups excluding carboxylic acids is 1. The second kappa shape index (κ2) is 5.49. The number of piperidine rings is 1. The van der Waals surface area contributed by atoms with Gasteiger partial charge in [-0.1, -0.05) is 15.9 Å². The van der Waals surface area contributed by atoms with Gasteiger partial charge in [0.15, 0.2) is 0 Å². The Kier molecular flexibility index (Phi) is 3.99. The van der Waals surface area contributed by atoms with Gasteiger partial charge in [0.05, 0.1) is 0 Å². The Bertz CT molecular complexity index is 450. The number of H-pyrrole nitrogens is 1. The van der Waals surface area contributed by atoms with Crippen LogP contribution in [-0.4, -0.2) is 34.2 Å². The van der Waals surface area contributed by atoms with Crippen LogP contribution in [0.3, 0.4) is 0 Å². The van der Waals surface area contributed by atoms with E-state index in [0.29, 0.717) is 11.5 Å². The third-order valence-electron chi connectivity index (χ3n) is 3.14. The highest BCUT2D eigenvalue weighted by Gasteiger charge is 2.22. The van der Waals surface area contributed by atoms with Gasteiger partial charge in [-0.25, -0.2) is 0 Å². The molecule has 2 heterocycles. The summed E-state index contributed by atoms with van der Waals surface area (Å²) in [6.07, 6.45) is 3.57. The van der Waals surface area contributed by atoms with Gasteiger partial charge in [-0.05, 0) is 24.8 Å². The number of amides is 1. The molecule has 0 aromatic carbocycles. The molecule has 92 valence electrons. The van der Waals surface area contributed by atoms with Gasteiger partial charge < -0.3 is 9.88 Å². The normalized spacial score (nSPS) is 17.1. The van der Waals surface area contributed by atoms with Gasteiger partial charge in [-0.3, -0.25) is 9.59 Å². The average molecular weight is 299 g/mol. The summed E-state index contributed by atoms with van der Waals surface area (Å²) in [5.74, 6) is 0.627. The Morgan fingerprint density at radius 3 is 2.76 bits per heavy atom. The van der Waals surface area contributed by atoms with Gasteiger partial charge in [0.2, 0.25) is 5.56 Å². The van der Waals surface area contributed by atoms with E-state index in [1.807, 2.05) is 4.90 Å². The van der Waals surface area contributed by atoms with Crippen molar-refractivity contribution in [2.75, 3.05) is 18.4 Å². The minimum Gasteiger partial charge on any atom is -0.339 e. The van der Waals surface area contributed by atoms with Crippen LogP contribution in [0.5, 0.6) is 0 Å². The van der Waals surface area contributed by atoms with Crippen molar-refractivity contribution in [3.8, 4) is 0 Å². The summed E-state index contributed by atoms with van der Waals surface area (Å²) in [7, 11) is 0. The fraction of sp³-hybridized carbons (Fsp3) is 0.500. The van der Waals surface area contributed by atoms with Crippen molar-refractivity contribution in [1.82, 2.24) is 9.88 Å². The van der Waals surface area contributed by atoms with E-state index in [2.05, 4.69) is 20.9 Å². The number of aromatic amines is 1. The molecule has 2 rings (SSSR count). The molecule has 0 unspecified atom stereocenters. The number of pyridine rings is 1. The van der Waals surface area contributed by atoms with E-state index in [4.69, 9.17) is 0 Å². The van der Waals surface area contributed by atoms with Crippen LogP contribution in [0.15, 0.2) is 23.1 Å². The van der Waals surface area contributed by atoms with E-state index in [1.54, 1.807) is 6.07 Å². The van der Waals surface area contributed by atoms with Crippen molar-refractivity contribution in [3.63, 3.8) is 0 Å². The van der Waals surface area contributed by atoms with Crippen molar-refractivity contribution in [1.29, 1.82) is 0 Å². The maximum atomic E-state index is 12.1. The number of hydrogen-bond acceptors (Lipinski definition) is 2. The summed E-state index contributed by atoms with van der Waals surface area (Å²) < 4.78 is 0. The third-order valence-corrected chi connectivity index (χ3v) is 4.06. The Morgan fingerprint density at radius 1 is 1.47 bits per heavy atom. The number of likely N-dealkylation sites (tertiary alicyclic amines) is 1. The molecule has 1 N–H and O–H groups in total. The highest BCUT2D eigenvalue weighted by molar-refractivity contribution is 9.09. The summed E-state index contributed by atoms with van der Waals surface area (Å²) in [6, 6.07) is 3.01. The number of hydrogen-bond donors (Lipinski definition) is 1. The zero-order chi connectivity index (χ0) is 12.3. The van der Waals surface area contributed by atoms with Crippen LogP contribution in [0.2, 0.25) is 0 Å². The summed E-state index contributed by atoms with van der Waals surface area (Å²) >= 11 is 3.47. The lowest BCUT2D eigenvalue weighted by molar-refractivity contribution is 0.0699. The summed E-state index contributed by atoms with van der Waals surface area (Å²) in [6.45, 7) is 1.56. The summed E-state index contributed by atoms with van der Waals surface area (Å²) in [5, 5.41) is 1.00. The topological polar surface area (TPSA) is 53.2 Å². The van der Waals surface area contributed by atoms with Crippen LogP contribution in [0.1, 0.15) is 23.2 Å². The molecule has 1 aliphatic rings. The number of nitrogens with one attached hydrogen (secondary N) is 1. The van der Waals surface area contributed by atoms with Crippen LogP contribution in [-0.2, 0) is 0 Å². The van der Waals surface area contributed by atoms with E-state index in [1.165, 1.54) is 12.3 Å². The standard InChI is InChI=1S/C12H15BrN2O2/c13-8-9-2-5-15(6-3-9)12(17)10-1-4-14-11(16)7-10/h1,4,7,9H,2-3,5-6,8H2,(H,14,16). The zero-order valence-electron chi connectivity index (χ0n) is 9.49. The second-order valence-corrected chi connectivity index (χ2v) is 4.98. The first-order valence-corrected chi connectivity index (χ1v) is 6.87. The molecule has 1 aromatic rings. The SMILES string of the molecule is O=C(c1cc[nH]c(=O)c1)N1CCC(CBr)CC1. The molecule has 0 bridgehead atoms. The molecule has 1 amide bonds. The predicted octanol–water partition coefficient (Wildman–Crippen LogP) is 1.62. The van der Waals surface area contributed by atoms with Crippen LogP contribution in [0.25, 0.3) is 0 Å². The van der Waals surface area contributed by atoms with E-state index >= 15 is 0 Å². The molecule has 0 saturated carbocycles. The number of alkyl halides is 1. The van der Waals surface area contributed by atoms with E-state index in [-0.39, 0.29) is 11.5 Å². The van der Waals surface area contributed by atoms with Crippen LogP contribution < -0.4 is 5.56 Å². The van der Waals surface area contributed by atoms with E-state index in [9.17, 15) is 9.59 Å². The van der Waals surface area contributed by atoms with Gasteiger partial charge in [0.25, 0.3) is 5.91 Å². The molecule has 4 nitrogen and oxygen atoms in total. The first-order valence-electron chi connectivity index (χ1n) is 5.74. The number of carbonyl (C=O) groups is 1. The summed E-state index contributed by atoms with van der Waals surface area (Å²) in [5.41, 5.74) is 0.247. The number of nitrogens with zero attached hydrogens (tertiary/aromatic N) is 1. The monoisotopic (exact) mass is 298 g/mol. The van der Waals surface area contributed by atoms with Crippen molar-refractivity contribution in [2.45, 2.75) is 12.8 Å². The van der Waals surface area contributed by atoms with Crippen molar-refractivity contribution < 1.29 is 4.79 Å². The highest BCUT2D eigenvalue weighted by Crippen LogP contribution is 2.20. The Hall–Kier alpha value is -1.10. The molecule has 1 aliphatic heterocycles. The Morgan fingerprint density at radius 2 is 2.18 bits per heavy atom. The fourth-order valence-electron chi connectivity index (χ4n) is 2.05. The van der Waals surface area contributed by atoms with Gasteiger partial charge in [-0.15, -0.1) is 0 Å². The molecule has 0 radical (unpaired) electrons. The van der Waals surface area contributed by atoms with Crippen molar-refractivity contribution >= 4 is 21.8 Å². The molecule has 1 fully saturated rings. The fourth-order valence-corrected chi connectivity index (χ4v) is 2.70. The van der Waals surface area contributed by atoms with Crippen LogP contribution >= 0.6 is 15.9 Å². The molecule has 0 spiro atoms. The molecular formula is C12H15BrN2O2. The number of rotatable bonds is 2. The molecule has 0 atom stereocenters. The molecule has 1 saturated heterocycles. The van der Waals surface area contributed by atoms with Gasteiger partial charge >= 0.3 is 0 Å². The maximum Gasteiger partial charge on any atom is 0.254 e. The van der Waals surface area contributed by atoms with Crippen LogP contribution in [0.4, 0.5) is 0 Å².